The van der Waals surface area contributed by atoms with Crippen LogP contribution < -0.4 is 5.32 Å². The van der Waals surface area contributed by atoms with Crippen LogP contribution in [0.3, 0.4) is 0 Å². The molecule has 1 aromatic heterocycles. The number of nitrogens with one attached hydrogen (secondary N) is 1. The summed E-state index contributed by atoms with van der Waals surface area (Å²) in [6.45, 7) is 3.72. The molecule has 2 amide bonds. The van der Waals surface area contributed by atoms with Crippen molar-refractivity contribution in [2.24, 2.45) is 0 Å². The number of carbonyl (C=O) groups is 2. The van der Waals surface area contributed by atoms with Crippen LogP contribution in [-0.2, 0) is 4.79 Å². The second-order valence-electron chi connectivity index (χ2n) is 3.98. The Morgan fingerprint density at radius 1 is 1.06 bits per heavy atom. The Bertz CT molecular complexity index is 670. The van der Waals surface area contributed by atoms with Gasteiger partial charge in [0.25, 0.3) is 11.8 Å². The van der Waals surface area contributed by atoms with Crippen molar-refractivity contribution >= 4 is 28.7 Å². The van der Waals surface area contributed by atoms with Crippen LogP contribution in [0.1, 0.15) is 15.2 Å². The van der Waals surface area contributed by atoms with Gasteiger partial charge in [-0.05, 0) is 11.6 Å². The summed E-state index contributed by atoms with van der Waals surface area (Å²) >= 11 is 1.42. The molecule has 2 aromatic rings. The van der Waals surface area contributed by atoms with Gasteiger partial charge in [-0.2, -0.15) is 0 Å². The summed E-state index contributed by atoms with van der Waals surface area (Å²) in [6, 6.07) is 11.6. The zero-order chi connectivity index (χ0) is 12.7. The smallest absolute Gasteiger partial charge is 0.259 e. The van der Waals surface area contributed by atoms with Gasteiger partial charge in [0.1, 0.15) is 0 Å². The monoisotopic (exact) mass is 255 g/mol. The highest BCUT2D eigenvalue weighted by Gasteiger charge is 2.28. The fourth-order valence-electron chi connectivity index (χ4n) is 1.88. The number of thiophene rings is 1. The van der Waals surface area contributed by atoms with Crippen LogP contribution in [0.15, 0.2) is 43.0 Å². The van der Waals surface area contributed by atoms with Crippen LogP contribution >= 0.6 is 11.3 Å². The average Bonchev–Trinajstić information content (AvgIpc) is 2.83. The zero-order valence-electron chi connectivity index (χ0n) is 9.40. The van der Waals surface area contributed by atoms with Gasteiger partial charge in [0.05, 0.1) is 16.0 Å². The summed E-state index contributed by atoms with van der Waals surface area (Å²) in [4.78, 5) is 24.8. The van der Waals surface area contributed by atoms with Crippen molar-refractivity contribution in [3.8, 4) is 10.4 Å². The molecule has 1 N–H and O–H groups in total. The van der Waals surface area contributed by atoms with Gasteiger partial charge in [-0.1, -0.05) is 36.9 Å². The molecule has 3 rings (SSSR count). The van der Waals surface area contributed by atoms with E-state index in [1.165, 1.54) is 11.3 Å². The van der Waals surface area contributed by atoms with Gasteiger partial charge >= 0.3 is 0 Å². The Morgan fingerprint density at radius 3 is 2.50 bits per heavy atom. The minimum absolute atomic E-state index is 0.346. The van der Waals surface area contributed by atoms with E-state index in [0.29, 0.717) is 16.0 Å². The molecule has 3 nitrogen and oxygen atoms in total. The lowest BCUT2D eigenvalue weighted by molar-refractivity contribution is -0.114. The van der Waals surface area contributed by atoms with E-state index in [9.17, 15) is 9.59 Å². The summed E-state index contributed by atoms with van der Waals surface area (Å²) in [5.74, 6) is -0.755. The molecule has 0 fully saturated rings. The summed E-state index contributed by atoms with van der Waals surface area (Å²) in [5, 5.41) is 2.28. The number of rotatable bonds is 1. The Hall–Kier alpha value is -2.20. The van der Waals surface area contributed by atoms with E-state index >= 15 is 0 Å². The predicted octanol–water partition coefficient (Wildman–Crippen LogP) is 2.70. The van der Waals surface area contributed by atoms with E-state index < -0.39 is 5.91 Å². The maximum atomic E-state index is 11.7. The van der Waals surface area contributed by atoms with E-state index in [-0.39, 0.29) is 5.91 Å². The van der Waals surface area contributed by atoms with E-state index in [4.69, 9.17) is 0 Å². The number of benzene rings is 1. The van der Waals surface area contributed by atoms with Crippen molar-refractivity contribution in [3.05, 3.63) is 53.4 Å². The van der Waals surface area contributed by atoms with Crippen molar-refractivity contribution in [2.75, 3.05) is 0 Å². The van der Waals surface area contributed by atoms with Gasteiger partial charge in [0.15, 0.2) is 0 Å². The van der Waals surface area contributed by atoms with Gasteiger partial charge in [-0.3, -0.25) is 14.9 Å². The quantitative estimate of drug-likeness (QED) is 0.629. The molecule has 1 aromatic carbocycles. The maximum absolute atomic E-state index is 11.7. The fourth-order valence-corrected chi connectivity index (χ4v) is 3.01. The van der Waals surface area contributed by atoms with Gasteiger partial charge < -0.3 is 0 Å². The van der Waals surface area contributed by atoms with Crippen molar-refractivity contribution < 1.29 is 9.59 Å². The fraction of sp³-hybridized carbons (Fsp3) is 0. The highest BCUT2D eigenvalue weighted by Crippen LogP contribution is 2.36. The van der Waals surface area contributed by atoms with E-state index in [0.717, 1.165) is 10.4 Å². The maximum Gasteiger partial charge on any atom is 0.259 e. The molecule has 0 aliphatic carbocycles. The molecule has 4 heteroatoms. The topological polar surface area (TPSA) is 46.2 Å². The van der Waals surface area contributed by atoms with Gasteiger partial charge in [0, 0.05) is 4.88 Å². The molecule has 0 bridgehead atoms. The minimum atomic E-state index is -0.408. The lowest BCUT2D eigenvalue weighted by atomic mass is 10.1. The van der Waals surface area contributed by atoms with Crippen molar-refractivity contribution in [2.45, 2.75) is 0 Å². The molecule has 88 valence electrons. The number of hydrogen-bond donors (Lipinski definition) is 1. The molecular weight excluding hydrogens is 246 g/mol. The summed E-state index contributed by atoms with van der Waals surface area (Å²) < 4.78 is 0. The summed E-state index contributed by atoms with van der Waals surface area (Å²) in [6.07, 6.45) is 0. The second kappa shape index (κ2) is 3.92. The van der Waals surface area contributed by atoms with E-state index in [2.05, 4.69) is 11.9 Å². The summed E-state index contributed by atoms with van der Waals surface area (Å²) in [5.41, 5.74) is 1.92. The Balaban J connectivity index is 2.16. The average molecular weight is 255 g/mol. The third-order valence-corrected chi connectivity index (χ3v) is 4.05. The first kappa shape index (κ1) is 10.9. The number of amides is 2. The number of hydrogen-bond acceptors (Lipinski definition) is 3. The van der Waals surface area contributed by atoms with E-state index in [1.807, 2.05) is 36.4 Å². The predicted molar refractivity (Wildman–Crippen MR) is 71.3 cm³/mol. The highest BCUT2D eigenvalue weighted by molar-refractivity contribution is 7.17. The van der Waals surface area contributed by atoms with Crippen molar-refractivity contribution in [1.29, 1.82) is 0 Å². The number of imide groups is 1. The van der Waals surface area contributed by atoms with Crippen LogP contribution in [0.4, 0.5) is 0 Å². The lowest BCUT2D eigenvalue weighted by Crippen LogP contribution is -2.35. The minimum Gasteiger partial charge on any atom is -0.288 e. The van der Waals surface area contributed by atoms with Crippen LogP contribution in [0.5, 0.6) is 0 Å². The van der Waals surface area contributed by atoms with E-state index in [1.54, 1.807) is 0 Å². The van der Waals surface area contributed by atoms with Crippen LogP contribution in [0.2, 0.25) is 0 Å². The molecule has 18 heavy (non-hydrogen) atoms. The Labute approximate surface area is 108 Å². The molecule has 0 radical (unpaired) electrons. The highest BCUT2D eigenvalue weighted by atomic mass is 32.1. The molecule has 0 spiro atoms. The first-order valence-electron chi connectivity index (χ1n) is 5.41. The van der Waals surface area contributed by atoms with Gasteiger partial charge in [-0.25, -0.2) is 0 Å². The number of fused-ring (bicyclic) bond motifs is 1. The SMILES string of the molecule is C=C1C(=O)NC(=O)c2cc(-c3ccccc3)sc21. The normalized spacial score (nSPS) is 14.3. The molecule has 1 aliphatic rings. The third kappa shape index (κ3) is 1.58. The second-order valence-corrected chi connectivity index (χ2v) is 5.03. The van der Waals surface area contributed by atoms with Crippen molar-refractivity contribution in [3.63, 3.8) is 0 Å². The molecule has 0 saturated carbocycles. The molecule has 1 aliphatic heterocycles. The largest absolute Gasteiger partial charge is 0.288 e. The zero-order valence-corrected chi connectivity index (χ0v) is 10.2. The lowest BCUT2D eigenvalue weighted by Gasteiger charge is -2.12. The number of carbonyl (C=O) groups excluding carboxylic acids is 2. The molecular formula is C14H9NO2S. The molecule has 0 unspecified atom stereocenters. The van der Waals surface area contributed by atoms with Gasteiger partial charge in [0.2, 0.25) is 0 Å². The Morgan fingerprint density at radius 2 is 1.78 bits per heavy atom. The summed E-state index contributed by atoms with van der Waals surface area (Å²) in [7, 11) is 0. The molecule has 0 saturated heterocycles. The van der Waals surface area contributed by atoms with Crippen LogP contribution in [0, 0.1) is 0 Å². The third-order valence-electron chi connectivity index (χ3n) is 2.81. The van der Waals surface area contributed by atoms with Gasteiger partial charge in [-0.15, -0.1) is 11.3 Å². The standard InChI is InChI=1S/C14H9NO2S/c1-8-12-10(14(17)15-13(8)16)7-11(18-12)9-5-3-2-4-6-9/h2-7H,1H2,(H,15,16,17). The van der Waals surface area contributed by atoms with Crippen LogP contribution in [0.25, 0.3) is 16.0 Å². The van der Waals surface area contributed by atoms with Crippen LogP contribution in [-0.4, -0.2) is 11.8 Å². The Kier molecular flexibility index (Phi) is 2.38. The van der Waals surface area contributed by atoms with Crippen molar-refractivity contribution in [1.82, 2.24) is 5.32 Å². The first-order valence-corrected chi connectivity index (χ1v) is 6.22. The first-order chi connectivity index (χ1) is 8.66. The molecule has 2 heterocycles. The molecule has 0 atom stereocenters.